The van der Waals surface area contributed by atoms with E-state index in [0.29, 0.717) is 19.0 Å². The molecule has 2 heterocycles. The predicted octanol–water partition coefficient (Wildman–Crippen LogP) is 1.07. The minimum absolute atomic E-state index is 0.147. The zero-order valence-corrected chi connectivity index (χ0v) is 14.9. The second-order valence-electron chi connectivity index (χ2n) is 7.49. The van der Waals surface area contributed by atoms with Crippen molar-refractivity contribution in [1.82, 2.24) is 9.21 Å². The summed E-state index contributed by atoms with van der Waals surface area (Å²) in [5.41, 5.74) is -0.468. The fraction of sp³-hybridized carbons (Fsp3) is 0.933. The Bertz CT molecular complexity index is 506. The molecular formula is C15H28N2O4S. The van der Waals surface area contributed by atoms with Gasteiger partial charge in [-0.15, -0.1) is 0 Å². The summed E-state index contributed by atoms with van der Waals surface area (Å²) in [6.45, 7) is 8.44. The summed E-state index contributed by atoms with van der Waals surface area (Å²) in [5, 5.41) is 0. The maximum Gasteiger partial charge on any atom is 0.323 e. The fourth-order valence-corrected chi connectivity index (χ4v) is 4.05. The van der Waals surface area contributed by atoms with E-state index in [4.69, 9.17) is 4.74 Å². The average molecular weight is 332 g/mol. The molecular weight excluding hydrogens is 304 g/mol. The highest BCUT2D eigenvalue weighted by molar-refractivity contribution is 7.88. The van der Waals surface area contributed by atoms with E-state index >= 15 is 0 Å². The average Bonchev–Trinajstić information content (AvgIpc) is 2.30. The van der Waals surface area contributed by atoms with Crippen LogP contribution in [0.5, 0.6) is 0 Å². The molecule has 0 aromatic heterocycles. The number of ether oxygens (including phenoxy) is 1. The van der Waals surface area contributed by atoms with Crippen LogP contribution in [0.4, 0.5) is 0 Å². The number of carbonyl (C=O) groups excluding carboxylic acids is 1. The highest BCUT2D eigenvalue weighted by Gasteiger charge is 2.38. The van der Waals surface area contributed by atoms with Crippen LogP contribution in [0.25, 0.3) is 0 Å². The molecule has 2 rings (SSSR count). The van der Waals surface area contributed by atoms with Gasteiger partial charge < -0.3 is 4.74 Å². The topological polar surface area (TPSA) is 66.9 Å². The van der Waals surface area contributed by atoms with Gasteiger partial charge in [0.2, 0.25) is 10.0 Å². The van der Waals surface area contributed by atoms with Crippen molar-refractivity contribution >= 4 is 16.0 Å². The summed E-state index contributed by atoms with van der Waals surface area (Å²) in [6, 6.07) is -0.180. The van der Waals surface area contributed by atoms with E-state index in [-0.39, 0.29) is 12.0 Å². The third kappa shape index (κ3) is 4.67. The smallest absolute Gasteiger partial charge is 0.323 e. The molecule has 22 heavy (non-hydrogen) atoms. The molecule has 2 fully saturated rings. The molecule has 0 saturated carbocycles. The molecule has 0 radical (unpaired) electrons. The van der Waals surface area contributed by atoms with Crippen molar-refractivity contribution in [2.45, 2.75) is 51.7 Å². The highest BCUT2D eigenvalue weighted by Crippen LogP contribution is 2.25. The largest absolute Gasteiger partial charge is 0.459 e. The molecule has 0 N–H and O–H groups in total. The molecule has 2 saturated heterocycles. The molecule has 0 spiro atoms. The lowest BCUT2D eigenvalue weighted by atomic mass is 9.97. The number of sulfonamides is 1. The first kappa shape index (κ1) is 17.7. The van der Waals surface area contributed by atoms with Gasteiger partial charge in [-0.05, 0) is 46.1 Å². The van der Waals surface area contributed by atoms with E-state index < -0.39 is 15.6 Å². The lowest BCUT2D eigenvalue weighted by molar-refractivity contribution is -0.163. The zero-order chi connectivity index (χ0) is 16.5. The van der Waals surface area contributed by atoms with Crippen molar-refractivity contribution in [3.63, 3.8) is 0 Å². The van der Waals surface area contributed by atoms with Crippen molar-refractivity contribution in [1.29, 1.82) is 0 Å². The van der Waals surface area contributed by atoms with Crippen LogP contribution in [-0.4, -0.2) is 67.7 Å². The lowest BCUT2D eigenvalue weighted by Crippen LogP contribution is -2.56. The van der Waals surface area contributed by atoms with Crippen LogP contribution >= 0.6 is 0 Å². The van der Waals surface area contributed by atoms with Gasteiger partial charge in [0.25, 0.3) is 0 Å². The number of esters is 1. The third-order valence-corrected chi connectivity index (χ3v) is 5.41. The molecule has 2 aliphatic heterocycles. The SMILES string of the molecule is CC(C)(C)OC(=O)C1CCCCN1CC1CN(S(C)(=O)=O)C1. The molecule has 0 aromatic carbocycles. The van der Waals surface area contributed by atoms with E-state index in [9.17, 15) is 13.2 Å². The Kier molecular flexibility index (Phi) is 5.19. The zero-order valence-electron chi connectivity index (χ0n) is 14.0. The third-order valence-electron chi connectivity index (χ3n) is 4.18. The fourth-order valence-electron chi connectivity index (χ4n) is 3.09. The van der Waals surface area contributed by atoms with Gasteiger partial charge >= 0.3 is 5.97 Å². The number of likely N-dealkylation sites (tertiary alicyclic amines) is 1. The Labute approximate surface area is 133 Å². The number of hydrogen-bond donors (Lipinski definition) is 0. The van der Waals surface area contributed by atoms with Gasteiger partial charge in [0.15, 0.2) is 0 Å². The quantitative estimate of drug-likeness (QED) is 0.721. The number of nitrogens with zero attached hydrogens (tertiary/aromatic N) is 2. The first-order valence-corrected chi connectivity index (χ1v) is 9.83. The number of piperidine rings is 1. The van der Waals surface area contributed by atoms with E-state index in [2.05, 4.69) is 4.90 Å². The summed E-state index contributed by atoms with van der Waals surface area (Å²) in [6.07, 6.45) is 4.20. The summed E-state index contributed by atoms with van der Waals surface area (Å²) in [5.74, 6) is 0.171. The first-order valence-electron chi connectivity index (χ1n) is 7.98. The molecule has 0 aromatic rings. The maximum absolute atomic E-state index is 12.4. The van der Waals surface area contributed by atoms with E-state index in [1.54, 1.807) is 0 Å². The Hall–Kier alpha value is -0.660. The van der Waals surface area contributed by atoms with E-state index in [0.717, 1.165) is 32.4 Å². The predicted molar refractivity (Wildman–Crippen MR) is 85.0 cm³/mol. The van der Waals surface area contributed by atoms with Crippen LogP contribution in [0.1, 0.15) is 40.0 Å². The molecule has 0 bridgehead atoms. The van der Waals surface area contributed by atoms with Crippen molar-refractivity contribution < 1.29 is 17.9 Å². The molecule has 0 aliphatic carbocycles. The van der Waals surface area contributed by atoms with Crippen molar-refractivity contribution in [3.05, 3.63) is 0 Å². The van der Waals surface area contributed by atoms with Gasteiger partial charge in [-0.1, -0.05) is 6.42 Å². The Morgan fingerprint density at radius 1 is 1.23 bits per heavy atom. The van der Waals surface area contributed by atoms with Crippen LogP contribution < -0.4 is 0 Å². The summed E-state index contributed by atoms with van der Waals surface area (Å²) in [7, 11) is -3.07. The normalized spacial score (nSPS) is 25.7. The van der Waals surface area contributed by atoms with Gasteiger partial charge in [-0.25, -0.2) is 12.7 Å². The number of hydrogen-bond acceptors (Lipinski definition) is 5. The molecule has 128 valence electrons. The minimum atomic E-state index is -3.07. The van der Waals surface area contributed by atoms with Crippen LogP contribution in [0.2, 0.25) is 0 Å². The summed E-state index contributed by atoms with van der Waals surface area (Å²) >= 11 is 0. The molecule has 0 amide bonds. The second kappa shape index (κ2) is 6.45. The van der Waals surface area contributed by atoms with Crippen molar-refractivity contribution in [2.75, 3.05) is 32.4 Å². The lowest BCUT2D eigenvalue weighted by Gasteiger charge is -2.43. The Morgan fingerprint density at radius 3 is 2.41 bits per heavy atom. The maximum atomic E-state index is 12.4. The number of carbonyl (C=O) groups is 1. The van der Waals surface area contributed by atoms with Gasteiger partial charge in [0, 0.05) is 19.6 Å². The second-order valence-corrected chi connectivity index (χ2v) is 9.47. The summed E-state index contributed by atoms with van der Waals surface area (Å²) in [4.78, 5) is 14.5. The van der Waals surface area contributed by atoms with Crippen LogP contribution in [-0.2, 0) is 19.6 Å². The minimum Gasteiger partial charge on any atom is -0.459 e. The monoisotopic (exact) mass is 332 g/mol. The van der Waals surface area contributed by atoms with Gasteiger partial charge in [-0.3, -0.25) is 9.69 Å². The molecule has 2 aliphatic rings. The Morgan fingerprint density at radius 2 is 1.86 bits per heavy atom. The van der Waals surface area contributed by atoms with Crippen LogP contribution in [0.3, 0.4) is 0 Å². The van der Waals surface area contributed by atoms with Crippen molar-refractivity contribution in [3.8, 4) is 0 Å². The van der Waals surface area contributed by atoms with E-state index in [1.807, 2.05) is 20.8 Å². The van der Waals surface area contributed by atoms with Gasteiger partial charge in [0.05, 0.1) is 6.26 Å². The standard InChI is InChI=1S/C15H28N2O4S/c1-15(2,3)21-14(18)13-7-5-6-8-16(13)9-12-10-17(11-12)22(4,19)20/h12-13H,5-11H2,1-4H3. The van der Waals surface area contributed by atoms with Crippen LogP contribution in [0, 0.1) is 5.92 Å². The van der Waals surface area contributed by atoms with Gasteiger partial charge in [0.1, 0.15) is 11.6 Å². The molecule has 1 unspecified atom stereocenters. The van der Waals surface area contributed by atoms with Crippen molar-refractivity contribution in [2.24, 2.45) is 5.92 Å². The van der Waals surface area contributed by atoms with Crippen LogP contribution in [0.15, 0.2) is 0 Å². The first-order chi connectivity index (χ1) is 10.1. The Balaban J connectivity index is 1.90. The molecule has 7 heteroatoms. The van der Waals surface area contributed by atoms with Gasteiger partial charge in [-0.2, -0.15) is 0 Å². The number of rotatable bonds is 4. The highest BCUT2D eigenvalue weighted by atomic mass is 32.2. The van der Waals surface area contributed by atoms with E-state index in [1.165, 1.54) is 10.6 Å². The molecule has 6 nitrogen and oxygen atoms in total. The molecule has 1 atom stereocenters. The summed E-state index contributed by atoms with van der Waals surface area (Å²) < 4.78 is 29.9.